The van der Waals surface area contributed by atoms with Gasteiger partial charge >= 0.3 is 0 Å². The summed E-state index contributed by atoms with van der Waals surface area (Å²) in [5, 5.41) is 19.5. The van der Waals surface area contributed by atoms with Gasteiger partial charge in [-0.1, -0.05) is 20.4 Å². The van der Waals surface area contributed by atoms with Gasteiger partial charge < -0.3 is 9.84 Å². The molecule has 1 saturated carbocycles. The molecule has 2 N–H and O–H groups in total. The van der Waals surface area contributed by atoms with E-state index in [2.05, 4.69) is 25.3 Å². The topological polar surface area (TPSA) is 62.2 Å². The monoisotopic (exact) mass is 270 g/mol. The minimum Gasteiger partial charge on any atom is -0.390 e. The fourth-order valence-electron chi connectivity index (χ4n) is 3.27. The summed E-state index contributed by atoms with van der Waals surface area (Å²) in [6, 6.07) is 0. The Hall–Kier alpha value is -0.420. The van der Waals surface area contributed by atoms with Crippen molar-refractivity contribution >= 4 is 0 Å². The first-order chi connectivity index (χ1) is 8.89. The van der Waals surface area contributed by atoms with Crippen LogP contribution in [0.2, 0.25) is 0 Å². The second-order valence-corrected chi connectivity index (χ2v) is 6.58. The lowest BCUT2D eigenvalue weighted by Crippen LogP contribution is -2.35. The van der Waals surface area contributed by atoms with Crippen molar-refractivity contribution < 1.29 is 20.0 Å². The van der Waals surface area contributed by atoms with Crippen LogP contribution in [0, 0.1) is 11.8 Å². The highest BCUT2D eigenvalue weighted by Crippen LogP contribution is 2.47. The van der Waals surface area contributed by atoms with Gasteiger partial charge in [-0.2, -0.15) is 0 Å². The summed E-state index contributed by atoms with van der Waals surface area (Å²) in [4.78, 5) is 4.55. The van der Waals surface area contributed by atoms with E-state index in [0.717, 1.165) is 24.8 Å². The number of fused-ring (bicyclic) bond motifs is 1. The number of epoxide rings is 1. The fraction of sp³-hybridized carbons (Fsp3) is 0.867. The standard InChI is InChI=1S/C15H26O4/c1-9(2)11-6-5-10(3)12(19-17)7-8-15(4)14(18-15)13(11)16/h9,11-14,16-17H,3,5-8H2,1-2,4H3/t11-,12+,13-,14-,15+/m0/s1. The van der Waals surface area contributed by atoms with Crippen molar-refractivity contribution in [2.75, 3.05) is 0 Å². The molecule has 0 unspecified atom stereocenters. The summed E-state index contributed by atoms with van der Waals surface area (Å²) >= 11 is 0. The summed E-state index contributed by atoms with van der Waals surface area (Å²) in [7, 11) is 0. The van der Waals surface area contributed by atoms with Gasteiger partial charge in [-0.3, -0.25) is 5.26 Å². The second-order valence-electron chi connectivity index (χ2n) is 6.58. The quantitative estimate of drug-likeness (QED) is 0.350. The van der Waals surface area contributed by atoms with Gasteiger partial charge in [0, 0.05) is 0 Å². The molecule has 2 aliphatic rings. The number of hydrogen-bond donors (Lipinski definition) is 2. The Morgan fingerprint density at radius 2 is 2.11 bits per heavy atom. The molecule has 1 aliphatic carbocycles. The lowest BCUT2D eigenvalue weighted by Gasteiger charge is -2.29. The lowest BCUT2D eigenvalue weighted by molar-refractivity contribution is -0.270. The van der Waals surface area contributed by atoms with Crippen LogP contribution in [-0.4, -0.2) is 34.3 Å². The summed E-state index contributed by atoms with van der Waals surface area (Å²) in [5.41, 5.74) is 0.629. The minimum atomic E-state index is -0.413. The van der Waals surface area contributed by atoms with Gasteiger partial charge in [0.25, 0.3) is 0 Å². The van der Waals surface area contributed by atoms with Gasteiger partial charge in [0.1, 0.15) is 12.2 Å². The van der Waals surface area contributed by atoms with E-state index in [1.54, 1.807) is 0 Å². The van der Waals surface area contributed by atoms with E-state index in [4.69, 9.17) is 9.99 Å². The van der Waals surface area contributed by atoms with Crippen LogP contribution < -0.4 is 0 Å². The van der Waals surface area contributed by atoms with E-state index < -0.39 is 6.10 Å². The Morgan fingerprint density at radius 1 is 1.42 bits per heavy atom. The fourth-order valence-corrected chi connectivity index (χ4v) is 3.27. The van der Waals surface area contributed by atoms with Gasteiger partial charge in [0.15, 0.2) is 0 Å². The summed E-state index contributed by atoms with van der Waals surface area (Å²) in [6.45, 7) is 10.3. The first kappa shape index (κ1) is 15.0. The van der Waals surface area contributed by atoms with E-state index in [-0.39, 0.29) is 23.7 Å². The maximum Gasteiger partial charge on any atom is 0.114 e. The van der Waals surface area contributed by atoms with Crippen LogP contribution in [0.25, 0.3) is 0 Å². The second kappa shape index (κ2) is 5.52. The molecule has 0 aromatic rings. The van der Waals surface area contributed by atoms with E-state index in [0.29, 0.717) is 12.3 Å². The van der Waals surface area contributed by atoms with Crippen LogP contribution in [0.5, 0.6) is 0 Å². The van der Waals surface area contributed by atoms with E-state index in [1.807, 2.05) is 6.92 Å². The van der Waals surface area contributed by atoms with Crippen molar-refractivity contribution in [3.05, 3.63) is 12.2 Å². The van der Waals surface area contributed by atoms with Gasteiger partial charge in [-0.15, -0.1) is 0 Å². The zero-order valence-electron chi connectivity index (χ0n) is 12.1. The van der Waals surface area contributed by atoms with Gasteiger partial charge in [-0.25, -0.2) is 4.89 Å². The van der Waals surface area contributed by atoms with Crippen LogP contribution in [0.1, 0.15) is 46.5 Å². The molecule has 0 radical (unpaired) electrons. The molecule has 19 heavy (non-hydrogen) atoms. The van der Waals surface area contributed by atoms with Crippen molar-refractivity contribution in [3.8, 4) is 0 Å². The van der Waals surface area contributed by atoms with E-state index >= 15 is 0 Å². The average molecular weight is 270 g/mol. The first-order valence-electron chi connectivity index (χ1n) is 7.23. The molecule has 2 fully saturated rings. The van der Waals surface area contributed by atoms with E-state index in [1.165, 1.54) is 0 Å². The predicted molar refractivity (Wildman–Crippen MR) is 72.7 cm³/mol. The van der Waals surface area contributed by atoms with Crippen LogP contribution >= 0.6 is 0 Å². The number of aliphatic hydroxyl groups excluding tert-OH is 1. The third kappa shape index (κ3) is 3.02. The molecular weight excluding hydrogens is 244 g/mol. The van der Waals surface area contributed by atoms with Crippen LogP contribution in [0.15, 0.2) is 12.2 Å². The molecule has 1 aliphatic heterocycles. The maximum absolute atomic E-state index is 10.5. The van der Waals surface area contributed by atoms with Crippen LogP contribution in [0.4, 0.5) is 0 Å². The maximum atomic E-state index is 10.5. The number of rotatable bonds is 2. The van der Waals surface area contributed by atoms with Gasteiger partial charge in [0.05, 0.1) is 11.7 Å². The smallest absolute Gasteiger partial charge is 0.114 e. The SMILES string of the molecule is C=C1CC[C@@H](C(C)C)[C@H](O)[C@@H]2O[C@]2(C)CC[C@H]1OO. The number of hydrogen-bond acceptors (Lipinski definition) is 4. The van der Waals surface area contributed by atoms with Crippen molar-refractivity contribution in [3.63, 3.8) is 0 Å². The molecule has 0 amide bonds. The molecule has 0 aromatic heterocycles. The molecule has 4 nitrogen and oxygen atoms in total. The molecular formula is C15H26O4. The van der Waals surface area contributed by atoms with Crippen molar-refractivity contribution in [1.29, 1.82) is 0 Å². The third-order valence-electron chi connectivity index (χ3n) is 4.83. The van der Waals surface area contributed by atoms with Gasteiger partial charge in [0.2, 0.25) is 0 Å². The van der Waals surface area contributed by atoms with Crippen LogP contribution in [0.3, 0.4) is 0 Å². The minimum absolute atomic E-state index is 0.0781. The molecule has 5 atom stereocenters. The molecule has 2 rings (SSSR count). The van der Waals surface area contributed by atoms with E-state index in [9.17, 15) is 5.11 Å². The van der Waals surface area contributed by atoms with Crippen molar-refractivity contribution in [2.24, 2.45) is 11.8 Å². The highest BCUT2D eigenvalue weighted by molar-refractivity contribution is 5.10. The Morgan fingerprint density at radius 3 is 2.68 bits per heavy atom. The normalized spacial score (nSPS) is 44.0. The highest BCUT2D eigenvalue weighted by Gasteiger charge is 2.57. The zero-order valence-corrected chi connectivity index (χ0v) is 12.1. The molecule has 4 heteroatoms. The average Bonchev–Trinajstić information content (AvgIpc) is 3.01. The first-order valence-corrected chi connectivity index (χ1v) is 7.23. The number of ether oxygens (including phenoxy) is 1. The zero-order chi connectivity index (χ0) is 14.2. The number of aliphatic hydroxyl groups is 1. The largest absolute Gasteiger partial charge is 0.390 e. The Balaban J connectivity index is 2.14. The third-order valence-corrected chi connectivity index (χ3v) is 4.83. The summed E-state index contributed by atoms with van der Waals surface area (Å²) in [6.07, 6.45) is 2.27. The molecule has 1 saturated heterocycles. The highest BCUT2D eigenvalue weighted by atomic mass is 17.1. The Bertz CT molecular complexity index is 341. The van der Waals surface area contributed by atoms with Crippen molar-refractivity contribution in [1.82, 2.24) is 0 Å². The molecule has 0 spiro atoms. The molecule has 0 bridgehead atoms. The van der Waals surface area contributed by atoms with Crippen molar-refractivity contribution in [2.45, 2.75) is 70.4 Å². The molecule has 110 valence electrons. The lowest BCUT2D eigenvalue weighted by atomic mass is 9.79. The Kier molecular flexibility index (Phi) is 4.35. The van der Waals surface area contributed by atoms with Gasteiger partial charge in [-0.05, 0) is 50.0 Å². The molecule has 0 aromatic carbocycles. The van der Waals surface area contributed by atoms with Crippen LogP contribution in [-0.2, 0) is 9.62 Å². The predicted octanol–water partition coefficient (Wildman–Crippen LogP) is 2.77. The molecule has 1 heterocycles. The Labute approximate surface area is 115 Å². The summed E-state index contributed by atoms with van der Waals surface area (Å²) < 4.78 is 5.74. The summed E-state index contributed by atoms with van der Waals surface area (Å²) in [5.74, 6) is 0.588.